The fourth-order valence-corrected chi connectivity index (χ4v) is 5.85. The predicted octanol–water partition coefficient (Wildman–Crippen LogP) is 8.19. The zero-order valence-electron chi connectivity index (χ0n) is 21.9. The van der Waals surface area contributed by atoms with Crippen molar-refractivity contribution in [2.45, 2.75) is 0 Å². The summed E-state index contributed by atoms with van der Waals surface area (Å²) in [6, 6.07) is 40.5. The number of pyridine rings is 1. The molecule has 0 aliphatic rings. The molecule has 0 saturated heterocycles. The molecule has 5 nitrogen and oxygen atoms in total. The van der Waals surface area contributed by atoms with Crippen molar-refractivity contribution in [3.8, 4) is 34.0 Å². The Labute approximate surface area is 231 Å². The molecule has 0 radical (unpaired) electrons. The van der Waals surface area contributed by atoms with Crippen LogP contribution in [0.1, 0.15) is 0 Å². The molecule has 190 valence electrons. The van der Waals surface area contributed by atoms with Crippen molar-refractivity contribution in [2.75, 3.05) is 0 Å². The molecule has 8 aromatic rings. The Morgan fingerprint density at radius 1 is 0.575 bits per heavy atom. The molecular formula is C35H25N5. The van der Waals surface area contributed by atoms with Crippen LogP contribution < -0.4 is 0 Å². The van der Waals surface area contributed by atoms with Crippen molar-refractivity contribution in [1.82, 2.24) is 23.7 Å². The molecule has 0 aliphatic carbocycles. The average molecular weight is 516 g/mol. The first kappa shape index (κ1) is 22.6. The smallest absolute Gasteiger partial charge is 0.140 e. The van der Waals surface area contributed by atoms with E-state index in [1.165, 1.54) is 10.8 Å². The van der Waals surface area contributed by atoms with Gasteiger partial charge in [0.1, 0.15) is 5.82 Å². The van der Waals surface area contributed by atoms with Crippen LogP contribution in [0.5, 0.6) is 0 Å². The zero-order chi connectivity index (χ0) is 26.6. The summed E-state index contributed by atoms with van der Waals surface area (Å²) in [5.41, 5.74) is 9.69. The van der Waals surface area contributed by atoms with Gasteiger partial charge in [-0.25, -0.2) is 4.98 Å². The monoisotopic (exact) mass is 515 g/mol. The van der Waals surface area contributed by atoms with Crippen molar-refractivity contribution in [2.24, 2.45) is 7.05 Å². The topological polar surface area (TPSA) is 40.6 Å². The highest BCUT2D eigenvalue weighted by molar-refractivity contribution is 6.10. The first-order valence-electron chi connectivity index (χ1n) is 13.4. The van der Waals surface area contributed by atoms with E-state index in [0.29, 0.717) is 0 Å². The number of fused-ring (bicyclic) bond motifs is 4. The van der Waals surface area contributed by atoms with Gasteiger partial charge >= 0.3 is 0 Å². The van der Waals surface area contributed by atoms with Crippen LogP contribution in [0.4, 0.5) is 0 Å². The molecule has 0 N–H and O–H groups in total. The summed E-state index contributed by atoms with van der Waals surface area (Å²) in [5, 5.41) is 2.43. The molecule has 8 rings (SSSR count). The predicted molar refractivity (Wildman–Crippen MR) is 163 cm³/mol. The number of hydrogen-bond donors (Lipinski definition) is 0. The van der Waals surface area contributed by atoms with Crippen LogP contribution in [0.15, 0.2) is 134 Å². The maximum absolute atomic E-state index is 4.99. The van der Waals surface area contributed by atoms with E-state index in [4.69, 9.17) is 4.98 Å². The van der Waals surface area contributed by atoms with Gasteiger partial charge in [-0.2, -0.15) is 0 Å². The van der Waals surface area contributed by atoms with Crippen LogP contribution >= 0.6 is 0 Å². The van der Waals surface area contributed by atoms with Gasteiger partial charge in [0, 0.05) is 58.9 Å². The number of rotatable bonds is 4. The Hall–Kier alpha value is -5.42. The molecule has 5 heteroatoms. The second kappa shape index (κ2) is 8.82. The molecular weight excluding hydrogens is 490 g/mol. The number of aryl methyl sites for hydroxylation is 1. The molecule has 0 unspecified atom stereocenters. The first-order chi connectivity index (χ1) is 19.7. The maximum atomic E-state index is 4.99. The Morgan fingerprint density at radius 3 is 2.15 bits per heavy atom. The molecule has 0 fully saturated rings. The number of para-hydroxylation sites is 3. The largest absolute Gasteiger partial charge is 0.327 e. The van der Waals surface area contributed by atoms with Crippen LogP contribution in [-0.4, -0.2) is 23.7 Å². The van der Waals surface area contributed by atoms with Gasteiger partial charge in [-0.15, -0.1) is 0 Å². The van der Waals surface area contributed by atoms with Crippen molar-refractivity contribution in [3.63, 3.8) is 0 Å². The third-order valence-electron chi connectivity index (χ3n) is 7.74. The second-order valence-corrected chi connectivity index (χ2v) is 10.1. The van der Waals surface area contributed by atoms with E-state index in [-0.39, 0.29) is 0 Å². The van der Waals surface area contributed by atoms with Crippen molar-refractivity contribution >= 4 is 32.8 Å². The number of hydrogen-bond acceptors (Lipinski definition) is 2. The van der Waals surface area contributed by atoms with Crippen LogP contribution in [0.3, 0.4) is 0 Å². The number of aromatic nitrogens is 5. The molecule has 0 aliphatic heterocycles. The summed E-state index contributed by atoms with van der Waals surface area (Å²) in [6.45, 7) is 0. The van der Waals surface area contributed by atoms with Gasteiger partial charge < -0.3 is 13.7 Å². The summed E-state index contributed by atoms with van der Waals surface area (Å²) < 4.78 is 6.69. The van der Waals surface area contributed by atoms with E-state index in [2.05, 4.69) is 135 Å². The molecule has 0 atom stereocenters. The molecule has 4 aromatic carbocycles. The summed E-state index contributed by atoms with van der Waals surface area (Å²) in [5.74, 6) is 0.954. The van der Waals surface area contributed by atoms with Gasteiger partial charge in [0.05, 0.1) is 27.8 Å². The molecule has 40 heavy (non-hydrogen) atoms. The summed E-state index contributed by atoms with van der Waals surface area (Å²) in [6.07, 6.45) is 6.01. The average Bonchev–Trinajstić information content (AvgIpc) is 3.74. The van der Waals surface area contributed by atoms with E-state index in [1.807, 2.05) is 24.4 Å². The lowest BCUT2D eigenvalue weighted by Crippen LogP contribution is -1.99. The molecule has 4 aromatic heterocycles. The van der Waals surface area contributed by atoms with E-state index < -0.39 is 0 Å². The fraction of sp³-hybridized carbons (Fsp3) is 0.0286. The summed E-state index contributed by atoms with van der Waals surface area (Å²) in [7, 11) is 2.09. The highest BCUT2D eigenvalue weighted by Gasteiger charge is 2.17. The molecule has 0 amide bonds. The highest BCUT2D eigenvalue weighted by Crippen LogP contribution is 2.36. The van der Waals surface area contributed by atoms with Gasteiger partial charge in [0.15, 0.2) is 0 Å². The van der Waals surface area contributed by atoms with E-state index >= 15 is 0 Å². The second-order valence-electron chi connectivity index (χ2n) is 10.1. The lowest BCUT2D eigenvalue weighted by molar-refractivity contribution is 0.959. The quantitative estimate of drug-likeness (QED) is 0.237. The van der Waals surface area contributed by atoms with Crippen molar-refractivity contribution in [1.29, 1.82) is 0 Å². The van der Waals surface area contributed by atoms with E-state index in [9.17, 15) is 0 Å². The molecule has 0 spiro atoms. The van der Waals surface area contributed by atoms with Gasteiger partial charge in [-0.3, -0.25) is 4.98 Å². The van der Waals surface area contributed by atoms with Crippen molar-refractivity contribution in [3.05, 3.63) is 134 Å². The number of nitrogens with zero attached hydrogens (tertiary/aromatic N) is 5. The van der Waals surface area contributed by atoms with Gasteiger partial charge in [0.2, 0.25) is 0 Å². The van der Waals surface area contributed by atoms with Crippen LogP contribution in [-0.2, 0) is 7.05 Å². The minimum atomic E-state index is 0.943. The third-order valence-corrected chi connectivity index (χ3v) is 7.74. The molecule has 0 saturated carbocycles. The lowest BCUT2D eigenvalue weighted by Gasteiger charge is -2.14. The normalized spacial score (nSPS) is 11.6. The van der Waals surface area contributed by atoms with Crippen LogP contribution in [0, 0.1) is 0 Å². The minimum Gasteiger partial charge on any atom is -0.327 e. The molecule has 0 bridgehead atoms. The number of imidazole rings is 1. The summed E-state index contributed by atoms with van der Waals surface area (Å²) >= 11 is 0. The standard InChI is InChI=1S/C35H25N5/c1-38-33-14-5-3-12-31(33)37-35(38)24-15-16-29-28-10-2-4-13-32(28)40(34(29)22-24)27-21-25(30-11-6-7-17-36-30)20-26(23-27)39-18-8-9-19-39/h2-23H,1H3. The van der Waals surface area contributed by atoms with Gasteiger partial charge in [-0.05, 0) is 66.7 Å². The molecule has 4 heterocycles. The van der Waals surface area contributed by atoms with Gasteiger partial charge in [0.25, 0.3) is 0 Å². The van der Waals surface area contributed by atoms with E-state index in [0.717, 1.165) is 56.1 Å². The Kier molecular flexibility index (Phi) is 4.97. The lowest BCUT2D eigenvalue weighted by atomic mass is 10.1. The Balaban J connectivity index is 1.42. The minimum absolute atomic E-state index is 0.943. The zero-order valence-corrected chi connectivity index (χ0v) is 21.9. The van der Waals surface area contributed by atoms with Crippen molar-refractivity contribution < 1.29 is 0 Å². The Morgan fingerprint density at radius 2 is 1.32 bits per heavy atom. The first-order valence-corrected chi connectivity index (χ1v) is 13.4. The van der Waals surface area contributed by atoms with Crippen LogP contribution in [0.2, 0.25) is 0 Å². The summed E-state index contributed by atoms with van der Waals surface area (Å²) in [4.78, 5) is 9.66. The third kappa shape index (κ3) is 3.48. The Bertz CT molecular complexity index is 2170. The fourth-order valence-electron chi connectivity index (χ4n) is 5.85. The SMILES string of the molecule is Cn1c(-c2ccc3c4ccccc4n(-c4cc(-c5ccccn5)cc(-n5cccc5)c4)c3c2)nc2ccccc21. The van der Waals surface area contributed by atoms with Gasteiger partial charge in [-0.1, -0.05) is 48.5 Å². The highest BCUT2D eigenvalue weighted by atomic mass is 15.1. The van der Waals surface area contributed by atoms with Crippen LogP contribution in [0.25, 0.3) is 66.9 Å². The maximum Gasteiger partial charge on any atom is 0.140 e. The van der Waals surface area contributed by atoms with E-state index in [1.54, 1.807) is 0 Å². The number of benzene rings is 4.